The molecular formula is C21H20FN3O4. The Morgan fingerprint density at radius 1 is 1.14 bits per heavy atom. The van der Waals surface area contributed by atoms with Crippen LogP contribution in [0.25, 0.3) is 11.4 Å². The third kappa shape index (κ3) is 4.21. The first-order valence-electron chi connectivity index (χ1n) is 9.41. The van der Waals surface area contributed by atoms with Crippen molar-refractivity contribution in [2.45, 2.75) is 19.8 Å². The van der Waals surface area contributed by atoms with Gasteiger partial charge in [-0.25, -0.2) is 4.39 Å². The Hall–Kier alpha value is -3.42. The smallest absolute Gasteiger partial charge is 0.253 e. The van der Waals surface area contributed by atoms with Crippen LogP contribution >= 0.6 is 0 Å². The first-order chi connectivity index (χ1) is 14.1. The Morgan fingerprint density at radius 2 is 2.00 bits per heavy atom. The summed E-state index contributed by atoms with van der Waals surface area (Å²) >= 11 is 0. The van der Waals surface area contributed by atoms with Gasteiger partial charge in [-0.05, 0) is 42.8 Å². The summed E-state index contributed by atoms with van der Waals surface area (Å²) in [5.41, 5.74) is 1.08. The molecule has 0 atom stereocenters. The van der Waals surface area contributed by atoms with E-state index in [1.165, 1.54) is 18.2 Å². The maximum atomic E-state index is 13.5. The molecular weight excluding hydrogens is 377 g/mol. The molecule has 1 aliphatic heterocycles. The second kappa shape index (κ2) is 8.30. The first-order valence-corrected chi connectivity index (χ1v) is 9.41. The molecule has 2 aromatic carbocycles. The molecule has 150 valence electrons. The van der Waals surface area contributed by atoms with Crippen molar-refractivity contribution in [2.24, 2.45) is 0 Å². The normalized spacial score (nSPS) is 12.2. The van der Waals surface area contributed by atoms with E-state index in [4.69, 9.17) is 14.0 Å². The van der Waals surface area contributed by atoms with Gasteiger partial charge in [0.05, 0.1) is 0 Å². The van der Waals surface area contributed by atoms with Crippen molar-refractivity contribution in [3.63, 3.8) is 0 Å². The lowest BCUT2D eigenvalue weighted by Gasteiger charge is -2.21. The minimum absolute atomic E-state index is 0.197. The molecule has 0 bridgehead atoms. The summed E-state index contributed by atoms with van der Waals surface area (Å²) in [4.78, 5) is 18.8. The predicted molar refractivity (Wildman–Crippen MR) is 102 cm³/mol. The molecule has 0 unspecified atom stereocenters. The summed E-state index contributed by atoms with van der Waals surface area (Å²) in [6.45, 7) is 3.13. The van der Waals surface area contributed by atoms with Gasteiger partial charge < -0.3 is 18.9 Å². The van der Waals surface area contributed by atoms with E-state index in [1.807, 2.05) is 13.0 Å². The van der Waals surface area contributed by atoms with Gasteiger partial charge in [-0.3, -0.25) is 4.79 Å². The van der Waals surface area contributed by atoms with Gasteiger partial charge in [0.15, 0.2) is 11.5 Å². The Kier molecular flexibility index (Phi) is 5.41. The number of nitrogens with zero attached hydrogens (tertiary/aromatic N) is 3. The Bertz CT molecular complexity index is 1020. The fraction of sp³-hybridized carbons (Fsp3) is 0.286. The summed E-state index contributed by atoms with van der Waals surface area (Å²) < 4.78 is 29.5. The van der Waals surface area contributed by atoms with E-state index < -0.39 is 5.82 Å². The molecule has 4 rings (SSSR count). The van der Waals surface area contributed by atoms with Gasteiger partial charge in [0, 0.05) is 30.6 Å². The number of aromatic nitrogens is 2. The van der Waals surface area contributed by atoms with E-state index in [0.717, 1.165) is 12.0 Å². The molecule has 1 aromatic heterocycles. The average molecular weight is 397 g/mol. The van der Waals surface area contributed by atoms with Crippen molar-refractivity contribution in [3.05, 3.63) is 59.7 Å². The molecule has 29 heavy (non-hydrogen) atoms. The second-order valence-electron chi connectivity index (χ2n) is 6.63. The zero-order valence-electron chi connectivity index (χ0n) is 15.9. The zero-order valence-corrected chi connectivity index (χ0v) is 15.9. The van der Waals surface area contributed by atoms with Crippen molar-refractivity contribution < 1.29 is 23.2 Å². The molecule has 0 spiro atoms. The molecule has 0 fully saturated rings. The summed E-state index contributed by atoms with van der Waals surface area (Å²) in [6.07, 6.45) is 1.19. The van der Waals surface area contributed by atoms with Crippen molar-refractivity contribution in [2.75, 3.05) is 19.9 Å². The second-order valence-corrected chi connectivity index (χ2v) is 6.63. The minimum Gasteiger partial charge on any atom is -0.454 e. The van der Waals surface area contributed by atoms with Crippen LogP contribution in [0.5, 0.6) is 11.5 Å². The van der Waals surface area contributed by atoms with Crippen LogP contribution in [-0.4, -0.2) is 40.8 Å². The summed E-state index contributed by atoms with van der Waals surface area (Å²) in [5, 5.41) is 4.01. The van der Waals surface area contributed by atoms with Gasteiger partial charge >= 0.3 is 0 Å². The maximum absolute atomic E-state index is 13.5. The Morgan fingerprint density at radius 3 is 2.83 bits per heavy atom. The number of halogens is 1. The molecule has 0 saturated heterocycles. The van der Waals surface area contributed by atoms with Crippen LogP contribution < -0.4 is 9.47 Å². The van der Waals surface area contributed by atoms with E-state index in [0.29, 0.717) is 48.3 Å². The van der Waals surface area contributed by atoms with E-state index in [9.17, 15) is 9.18 Å². The predicted octanol–water partition coefficient (Wildman–Crippen LogP) is 3.70. The Balaban J connectivity index is 1.44. The van der Waals surface area contributed by atoms with Crippen molar-refractivity contribution in [1.29, 1.82) is 0 Å². The van der Waals surface area contributed by atoms with Crippen LogP contribution in [0.4, 0.5) is 4.39 Å². The number of hydrogen-bond acceptors (Lipinski definition) is 6. The molecule has 0 radical (unpaired) electrons. The molecule has 3 aromatic rings. The first kappa shape index (κ1) is 18.9. The van der Waals surface area contributed by atoms with Crippen LogP contribution in [0.2, 0.25) is 0 Å². The quantitative estimate of drug-likeness (QED) is 0.605. The number of carbonyl (C=O) groups is 1. The average Bonchev–Trinajstić information content (AvgIpc) is 3.39. The van der Waals surface area contributed by atoms with Crippen molar-refractivity contribution in [3.8, 4) is 22.9 Å². The number of fused-ring (bicyclic) bond motifs is 1. The molecule has 0 saturated carbocycles. The largest absolute Gasteiger partial charge is 0.454 e. The van der Waals surface area contributed by atoms with Crippen LogP contribution in [0, 0.1) is 5.82 Å². The highest BCUT2D eigenvalue weighted by molar-refractivity contribution is 5.94. The molecule has 1 amide bonds. The molecule has 0 aliphatic carbocycles. The highest BCUT2D eigenvalue weighted by Crippen LogP contribution is 2.35. The number of carbonyl (C=O) groups excluding carboxylic acids is 1. The molecule has 7 nitrogen and oxygen atoms in total. The SMILES string of the molecule is CCCN(CCc1nc(-c2ccc3c(c2)OCO3)no1)C(=O)c1cccc(F)c1. The highest BCUT2D eigenvalue weighted by Gasteiger charge is 2.19. The lowest BCUT2D eigenvalue weighted by molar-refractivity contribution is 0.0753. The van der Waals surface area contributed by atoms with E-state index in [2.05, 4.69) is 10.1 Å². The van der Waals surface area contributed by atoms with Crippen LogP contribution in [0.1, 0.15) is 29.6 Å². The standard InChI is InChI=1S/C21H20FN3O4/c1-2-9-25(21(26)15-4-3-5-16(22)11-15)10-8-19-23-20(24-29-19)14-6-7-17-18(12-14)28-13-27-17/h3-7,11-12H,2,8-10,13H2,1H3. The summed E-state index contributed by atoms with van der Waals surface area (Å²) in [5.74, 6) is 1.54. The van der Waals surface area contributed by atoms with E-state index >= 15 is 0 Å². The zero-order chi connectivity index (χ0) is 20.2. The van der Waals surface area contributed by atoms with Gasteiger partial charge in [0.1, 0.15) is 5.82 Å². The monoisotopic (exact) mass is 397 g/mol. The van der Waals surface area contributed by atoms with Gasteiger partial charge in [0.2, 0.25) is 18.5 Å². The number of amides is 1. The van der Waals surface area contributed by atoms with Crippen molar-refractivity contribution in [1.82, 2.24) is 15.0 Å². The van der Waals surface area contributed by atoms with Gasteiger partial charge in [0.25, 0.3) is 5.91 Å². The van der Waals surface area contributed by atoms with Gasteiger partial charge in [-0.15, -0.1) is 0 Å². The van der Waals surface area contributed by atoms with E-state index in [-0.39, 0.29) is 12.7 Å². The van der Waals surface area contributed by atoms with Crippen LogP contribution in [0.3, 0.4) is 0 Å². The molecule has 1 aliphatic rings. The van der Waals surface area contributed by atoms with Gasteiger partial charge in [-0.1, -0.05) is 18.1 Å². The summed E-state index contributed by atoms with van der Waals surface area (Å²) in [7, 11) is 0. The Labute approximate surface area is 167 Å². The lowest BCUT2D eigenvalue weighted by Crippen LogP contribution is -2.33. The van der Waals surface area contributed by atoms with Gasteiger partial charge in [-0.2, -0.15) is 4.98 Å². The number of ether oxygens (including phenoxy) is 2. The fourth-order valence-electron chi connectivity index (χ4n) is 3.13. The third-order valence-corrected chi connectivity index (χ3v) is 4.55. The number of benzene rings is 2. The number of hydrogen-bond donors (Lipinski definition) is 0. The molecule has 8 heteroatoms. The lowest BCUT2D eigenvalue weighted by atomic mass is 10.2. The minimum atomic E-state index is -0.433. The topological polar surface area (TPSA) is 77.7 Å². The fourth-order valence-corrected chi connectivity index (χ4v) is 3.13. The summed E-state index contributed by atoms with van der Waals surface area (Å²) in [6, 6.07) is 11.1. The van der Waals surface area contributed by atoms with Crippen LogP contribution in [0.15, 0.2) is 47.0 Å². The number of rotatable bonds is 7. The van der Waals surface area contributed by atoms with Crippen molar-refractivity contribution >= 4 is 5.91 Å². The maximum Gasteiger partial charge on any atom is 0.253 e. The highest BCUT2D eigenvalue weighted by atomic mass is 19.1. The third-order valence-electron chi connectivity index (χ3n) is 4.55. The van der Waals surface area contributed by atoms with E-state index in [1.54, 1.807) is 23.1 Å². The molecule has 2 heterocycles. The molecule has 0 N–H and O–H groups in total. The van der Waals surface area contributed by atoms with Crippen LogP contribution in [-0.2, 0) is 6.42 Å².